The van der Waals surface area contributed by atoms with Gasteiger partial charge in [0.15, 0.2) is 0 Å². The van der Waals surface area contributed by atoms with Crippen molar-refractivity contribution in [2.75, 3.05) is 27.2 Å². The van der Waals surface area contributed by atoms with Crippen molar-refractivity contribution in [3.05, 3.63) is 30.1 Å². The van der Waals surface area contributed by atoms with Gasteiger partial charge >= 0.3 is 0 Å². The lowest BCUT2D eigenvalue weighted by Gasteiger charge is -2.28. The van der Waals surface area contributed by atoms with Gasteiger partial charge in [0.25, 0.3) is 0 Å². The Kier molecular flexibility index (Phi) is 3.56. The largest absolute Gasteiger partial charge is 0.313 e. The molecule has 1 saturated heterocycles. The first kappa shape index (κ1) is 11.6. The highest BCUT2D eigenvalue weighted by Gasteiger charge is 2.34. The van der Waals surface area contributed by atoms with Crippen LogP contribution in [0.5, 0.6) is 0 Å². The van der Waals surface area contributed by atoms with Crippen LogP contribution >= 0.6 is 0 Å². The summed E-state index contributed by atoms with van der Waals surface area (Å²) in [6, 6.07) is 6.15. The summed E-state index contributed by atoms with van der Waals surface area (Å²) in [6.45, 7) is 2.35. The van der Waals surface area contributed by atoms with Gasteiger partial charge in [-0.1, -0.05) is 6.07 Å². The first-order valence-electron chi connectivity index (χ1n) is 6.01. The number of hydrogen-bond acceptors (Lipinski definition) is 3. The minimum atomic E-state index is 0.298. The molecule has 88 valence electrons. The average Bonchev–Trinajstić information content (AvgIpc) is 2.71. The molecular weight excluding hydrogens is 198 g/mol. The Labute approximate surface area is 97.9 Å². The summed E-state index contributed by atoms with van der Waals surface area (Å²) < 4.78 is 0. The highest BCUT2D eigenvalue weighted by atomic mass is 15.2. The fraction of sp³-hybridized carbons (Fsp3) is 0.615. The summed E-state index contributed by atoms with van der Waals surface area (Å²) >= 11 is 0. The van der Waals surface area contributed by atoms with Crippen LogP contribution in [-0.4, -0.2) is 42.6 Å². The lowest BCUT2D eigenvalue weighted by molar-refractivity contribution is 0.310. The fourth-order valence-electron chi connectivity index (χ4n) is 2.53. The molecule has 1 aliphatic rings. The number of likely N-dealkylation sites (N-methyl/N-ethyl adjacent to an activating group) is 2. The smallest absolute Gasteiger partial charge is 0.0404 e. The minimum absolute atomic E-state index is 0.298. The second-order valence-corrected chi connectivity index (χ2v) is 4.84. The molecule has 1 aliphatic heterocycles. The van der Waals surface area contributed by atoms with Crippen molar-refractivity contribution in [2.24, 2.45) is 0 Å². The first-order valence-corrected chi connectivity index (χ1v) is 6.01. The Morgan fingerprint density at radius 3 is 2.94 bits per heavy atom. The Morgan fingerprint density at radius 2 is 2.38 bits per heavy atom. The van der Waals surface area contributed by atoms with E-state index >= 15 is 0 Å². The minimum Gasteiger partial charge on any atom is -0.313 e. The van der Waals surface area contributed by atoms with Crippen molar-refractivity contribution in [2.45, 2.75) is 24.8 Å². The predicted octanol–water partition coefficient (Wildman–Crippen LogP) is 1.31. The Balaban J connectivity index is 1.93. The van der Waals surface area contributed by atoms with E-state index in [1.165, 1.54) is 25.1 Å². The van der Waals surface area contributed by atoms with Gasteiger partial charge in [0.2, 0.25) is 0 Å². The average molecular weight is 219 g/mol. The highest BCUT2D eigenvalue weighted by molar-refractivity contribution is 5.06. The van der Waals surface area contributed by atoms with Crippen LogP contribution in [0, 0.1) is 0 Å². The van der Waals surface area contributed by atoms with E-state index in [0.717, 1.165) is 13.0 Å². The van der Waals surface area contributed by atoms with Crippen LogP contribution in [0.15, 0.2) is 24.4 Å². The lowest BCUT2D eigenvalue weighted by Crippen LogP contribution is -2.45. The molecule has 1 aromatic heterocycles. The quantitative estimate of drug-likeness (QED) is 0.827. The van der Waals surface area contributed by atoms with E-state index in [1.54, 1.807) is 0 Å². The second-order valence-electron chi connectivity index (χ2n) is 4.84. The van der Waals surface area contributed by atoms with Gasteiger partial charge in [-0.3, -0.25) is 4.98 Å². The molecule has 2 heterocycles. The van der Waals surface area contributed by atoms with Crippen molar-refractivity contribution in [3.63, 3.8) is 0 Å². The zero-order valence-electron chi connectivity index (χ0n) is 10.2. The molecule has 2 rings (SSSR count). The number of aromatic nitrogens is 1. The molecule has 0 saturated carbocycles. The van der Waals surface area contributed by atoms with Crippen LogP contribution in [0.4, 0.5) is 0 Å². The standard InChI is InChI=1S/C13H21N3/c1-14-13(8-10-16(2)11-13)7-6-12-5-3-4-9-15-12/h3-5,9,14H,6-8,10-11H2,1-2H3. The van der Waals surface area contributed by atoms with E-state index in [1.807, 2.05) is 12.3 Å². The van der Waals surface area contributed by atoms with E-state index in [9.17, 15) is 0 Å². The van der Waals surface area contributed by atoms with Gasteiger partial charge in [-0.25, -0.2) is 0 Å². The summed E-state index contributed by atoms with van der Waals surface area (Å²) in [5, 5.41) is 3.51. The van der Waals surface area contributed by atoms with E-state index in [4.69, 9.17) is 0 Å². The molecule has 16 heavy (non-hydrogen) atoms. The third-order valence-electron chi connectivity index (χ3n) is 3.66. The highest BCUT2D eigenvalue weighted by Crippen LogP contribution is 2.24. The summed E-state index contributed by atoms with van der Waals surface area (Å²) in [5.74, 6) is 0. The molecule has 0 aromatic carbocycles. The molecule has 0 bridgehead atoms. The van der Waals surface area contributed by atoms with Crippen molar-refractivity contribution in [3.8, 4) is 0 Å². The van der Waals surface area contributed by atoms with Gasteiger partial charge in [0, 0.05) is 24.0 Å². The van der Waals surface area contributed by atoms with Gasteiger partial charge < -0.3 is 10.2 Å². The van der Waals surface area contributed by atoms with E-state index in [2.05, 4.69) is 41.4 Å². The van der Waals surface area contributed by atoms with Crippen LogP contribution < -0.4 is 5.32 Å². The van der Waals surface area contributed by atoms with E-state index < -0.39 is 0 Å². The fourth-order valence-corrected chi connectivity index (χ4v) is 2.53. The lowest BCUT2D eigenvalue weighted by atomic mass is 9.91. The molecule has 1 fully saturated rings. The maximum atomic E-state index is 4.38. The van der Waals surface area contributed by atoms with E-state index in [-0.39, 0.29) is 0 Å². The van der Waals surface area contributed by atoms with Gasteiger partial charge in [-0.15, -0.1) is 0 Å². The maximum Gasteiger partial charge on any atom is 0.0404 e. The monoisotopic (exact) mass is 219 g/mol. The van der Waals surface area contributed by atoms with Crippen LogP contribution in [0.1, 0.15) is 18.5 Å². The number of nitrogens with one attached hydrogen (secondary N) is 1. The molecule has 1 N–H and O–H groups in total. The van der Waals surface area contributed by atoms with Crippen LogP contribution in [0.2, 0.25) is 0 Å². The summed E-state index contributed by atoms with van der Waals surface area (Å²) in [7, 11) is 4.28. The molecular formula is C13H21N3. The number of rotatable bonds is 4. The third kappa shape index (κ3) is 2.60. The van der Waals surface area contributed by atoms with Crippen molar-refractivity contribution in [1.82, 2.24) is 15.2 Å². The molecule has 0 radical (unpaired) electrons. The van der Waals surface area contributed by atoms with Crippen LogP contribution in [0.3, 0.4) is 0 Å². The van der Waals surface area contributed by atoms with Gasteiger partial charge in [0.1, 0.15) is 0 Å². The number of nitrogens with zero attached hydrogens (tertiary/aromatic N) is 2. The van der Waals surface area contributed by atoms with Gasteiger partial charge in [-0.05, 0) is 52.0 Å². The number of likely N-dealkylation sites (tertiary alicyclic amines) is 1. The number of hydrogen-bond donors (Lipinski definition) is 1. The Bertz CT molecular complexity index is 325. The zero-order valence-corrected chi connectivity index (χ0v) is 10.2. The number of aryl methyl sites for hydroxylation is 1. The molecule has 1 unspecified atom stereocenters. The molecule has 0 amide bonds. The van der Waals surface area contributed by atoms with E-state index in [0.29, 0.717) is 5.54 Å². The van der Waals surface area contributed by atoms with Crippen molar-refractivity contribution < 1.29 is 0 Å². The van der Waals surface area contributed by atoms with Crippen LogP contribution in [0.25, 0.3) is 0 Å². The Hall–Kier alpha value is -0.930. The molecule has 1 aromatic rings. The zero-order chi connectivity index (χ0) is 11.4. The van der Waals surface area contributed by atoms with Crippen molar-refractivity contribution in [1.29, 1.82) is 0 Å². The topological polar surface area (TPSA) is 28.2 Å². The van der Waals surface area contributed by atoms with Crippen molar-refractivity contribution >= 4 is 0 Å². The summed E-state index contributed by atoms with van der Waals surface area (Å²) in [6.07, 6.45) is 5.36. The molecule has 0 aliphatic carbocycles. The summed E-state index contributed by atoms with van der Waals surface area (Å²) in [4.78, 5) is 6.78. The SMILES string of the molecule is CNC1(CCc2ccccn2)CCN(C)C1. The summed E-state index contributed by atoms with van der Waals surface area (Å²) in [5.41, 5.74) is 1.50. The molecule has 1 atom stereocenters. The predicted molar refractivity (Wildman–Crippen MR) is 66.5 cm³/mol. The molecule has 0 spiro atoms. The van der Waals surface area contributed by atoms with Crippen LogP contribution in [-0.2, 0) is 6.42 Å². The Morgan fingerprint density at radius 1 is 1.50 bits per heavy atom. The molecule has 3 heteroatoms. The first-order chi connectivity index (χ1) is 7.74. The second kappa shape index (κ2) is 4.93. The van der Waals surface area contributed by atoms with Gasteiger partial charge in [-0.2, -0.15) is 0 Å². The maximum absolute atomic E-state index is 4.38. The number of pyridine rings is 1. The third-order valence-corrected chi connectivity index (χ3v) is 3.66. The normalized spacial score (nSPS) is 26.1. The molecule has 3 nitrogen and oxygen atoms in total. The van der Waals surface area contributed by atoms with Gasteiger partial charge in [0.05, 0.1) is 0 Å².